The first-order valence-corrected chi connectivity index (χ1v) is 11.0. The zero-order valence-corrected chi connectivity index (χ0v) is 20.1. The third-order valence-electron chi connectivity index (χ3n) is 5.28. The van der Waals surface area contributed by atoms with Crippen molar-refractivity contribution in [2.45, 2.75) is 13.8 Å². The minimum absolute atomic E-state index is 0.103. The average Bonchev–Trinajstić information content (AvgIpc) is 2.88. The van der Waals surface area contributed by atoms with Crippen molar-refractivity contribution in [1.82, 2.24) is 0 Å². The molecule has 0 radical (unpaired) electrons. The monoisotopic (exact) mass is 483 g/mol. The summed E-state index contributed by atoms with van der Waals surface area (Å²) in [4.78, 5) is 36.2. The van der Waals surface area contributed by atoms with Crippen LogP contribution in [0, 0.1) is 25.2 Å². The van der Waals surface area contributed by atoms with Gasteiger partial charge in [-0.15, -0.1) is 0 Å². The van der Waals surface area contributed by atoms with Gasteiger partial charge in [-0.2, -0.15) is 5.26 Å². The number of hydrogen-bond donors (Lipinski definition) is 2. The smallest absolute Gasteiger partial charge is 0.337 e. The Bertz CT molecular complexity index is 1340. The zero-order chi connectivity index (χ0) is 26.1. The first kappa shape index (κ1) is 25.7. The molecule has 0 bridgehead atoms. The van der Waals surface area contributed by atoms with E-state index >= 15 is 0 Å². The number of benzene rings is 3. The highest BCUT2D eigenvalue weighted by Crippen LogP contribution is 2.17. The van der Waals surface area contributed by atoms with E-state index in [2.05, 4.69) is 15.4 Å². The maximum Gasteiger partial charge on any atom is 0.337 e. The van der Waals surface area contributed by atoms with Gasteiger partial charge in [0.05, 0.1) is 12.7 Å². The fourth-order valence-electron chi connectivity index (χ4n) is 3.15. The lowest BCUT2D eigenvalue weighted by molar-refractivity contribution is -0.118. The maximum absolute atomic E-state index is 12.5. The molecule has 0 saturated carbocycles. The molecule has 0 fully saturated rings. The Morgan fingerprint density at radius 2 is 1.56 bits per heavy atom. The number of aryl methyl sites for hydroxylation is 2. The van der Waals surface area contributed by atoms with Crippen molar-refractivity contribution >= 4 is 35.2 Å². The number of rotatable bonds is 8. The largest absolute Gasteiger partial charge is 0.484 e. The van der Waals surface area contributed by atoms with Gasteiger partial charge in [0.2, 0.25) is 0 Å². The van der Waals surface area contributed by atoms with E-state index in [1.807, 2.05) is 38.1 Å². The first-order chi connectivity index (χ1) is 17.3. The highest BCUT2D eigenvalue weighted by atomic mass is 16.5. The minimum atomic E-state index is -0.591. The molecule has 0 atom stereocenters. The van der Waals surface area contributed by atoms with E-state index in [0.29, 0.717) is 28.3 Å². The summed E-state index contributed by atoms with van der Waals surface area (Å²) >= 11 is 0. The van der Waals surface area contributed by atoms with E-state index in [9.17, 15) is 19.6 Å². The molecule has 3 aromatic carbocycles. The summed E-state index contributed by atoms with van der Waals surface area (Å²) in [6.45, 7) is 3.81. The summed E-state index contributed by atoms with van der Waals surface area (Å²) in [7, 11) is 1.28. The molecule has 8 nitrogen and oxygen atoms in total. The molecule has 0 saturated heterocycles. The van der Waals surface area contributed by atoms with Crippen LogP contribution < -0.4 is 15.4 Å². The van der Waals surface area contributed by atoms with Crippen LogP contribution in [0.1, 0.15) is 27.0 Å². The van der Waals surface area contributed by atoms with Gasteiger partial charge in [0, 0.05) is 11.4 Å². The lowest BCUT2D eigenvalue weighted by Gasteiger charge is -2.09. The third-order valence-corrected chi connectivity index (χ3v) is 5.28. The highest BCUT2D eigenvalue weighted by molar-refractivity contribution is 6.09. The SMILES string of the molecule is COC(=O)c1ccc(NC(=O)/C(C#N)=C\c2ccc(OCC(=O)Nc3ccc(C)c(C)c3)cc2)cc1. The molecular weight excluding hydrogens is 458 g/mol. The number of ether oxygens (including phenoxy) is 2. The number of amides is 2. The minimum Gasteiger partial charge on any atom is -0.484 e. The average molecular weight is 484 g/mol. The summed E-state index contributed by atoms with van der Waals surface area (Å²) in [6.07, 6.45) is 1.44. The quantitative estimate of drug-likeness (QED) is 0.274. The molecule has 3 aromatic rings. The van der Waals surface area contributed by atoms with Gasteiger partial charge < -0.3 is 20.1 Å². The predicted octanol–water partition coefficient (Wildman–Crippen LogP) is 4.65. The van der Waals surface area contributed by atoms with Crippen LogP contribution in [0.5, 0.6) is 5.75 Å². The van der Waals surface area contributed by atoms with Crippen molar-refractivity contribution in [3.05, 3.63) is 94.6 Å². The van der Waals surface area contributed by atoms with Crippen LogP contribution in [-0.2, 0) is 14.3 Å². The number of carbonyl (C=O) groups excluding carboxylic acids is 3. The van der Waals surface area contributed by atoms with Gasteiger partial charge in [0.15, 0.2) is 6.61 Å². The summed E-state index contributed by atoms with van der Waals surface area (Å²) in [5, 5.41) is 14.8. The molecule has 0 aliphatic heterocycles. The van der Waals surface area contributed by atoms with Crippen molar-refractivity contribution in [2.75, 3.05) is 24.4 Å². The zero-order valence-electron chi connectivity index (χ0n) is 20.1. The fourth-order valence-corrected chi connectivity index (χ4v) is 3.15. The van der Waals surface area contributed by atoms with Gasteiger partial charge in [-0.1, -0.05) is 18.2 Å². The van der Waals surface area contributed by atoms with Crippen molar-refractivity contribution in [1.29, 1.82) is 5.26 Å². The van der Waals surface area contributed by atoms with Crippen LogP contribution in [0.25, 0.3) is 6.08 Å². The fraction of sp³-hybridized carbons (Fsp3) is 0.143. The molecule has 2 N–H and O–H groups in total. The van der Waals surface area contributed by atoms with E-state index in [1.54, 1.807) is 36.4 Å². The molecule has 0 spiro atoms. The second-order valence-electron chi connectivity index (χ2n) is 7.90. The number of nitrogens with zero attached hydrogens (tertiary/aromatic N) is 1. The Balaban J connectivity index is 1.56. The second-order valence-corrected chi connectivity index (χ2v) is 7.90. The van der Waals surface area contributed by atoms with E-state index in [1.165, 1.54) is 25.3 Å². The summed E-state index contributed by atoms with van der Waals surface area (Å²) < 4.78 is 10.2. The summed E-state index contributed by atoms with van der Waals surface area (Å²) in [5.41, 5.74) is 4.20. The van der Waals surface area contributed by atoms with E-state index in [0.717, 1.165) is 11.1 Å². The van der Waals surface area contributed by atoms with Crippen molar-refractivity contribution < 1.29 is 23.9 Å². The number of nitrogens with one attached hydrogen (secondary N) is 2. The standard InChI is InChI=1S/C28H25N3O5/c1-18-4-9-24(14-19(18)2)30-26(32)17-36-25-12-5-20(6-13-25)15-22(16-29)27(33)31-23-10-7-21(8-11-23)28(34)35-3/h4-15H,17H2,1-3H3,(H,30,32)(H,31,33)/b22-15-. The van der Waals surface area contributed by atoms with Gasteiger partial charge in [0.25, 0.3) is 11.8 Å². The Morgan fingerprint density at radius 1 is 0.889 bits per heavy atom. The van der Waals surface area contributed by atoms with Crippen LogP contribution in [0.3, 0.4) is 0 Å². The van der Waals surface area contributed by atoms with E-state index in [-0.39, 0.29) is 18.1 Å². The molecule has 0 aromatic heterocycles. The molecule has 0 aliphatic carbocycles. The van der Waals surface area contributed by atoms with Crippen molar-refractivity contribution in [3.63, 3.8) is 0 Å². The van der Waals surface area contributed by atoms with Gasteiger partial charge in [-0.25, -0.2) is 4.79 Å². The number of esters is 1. The topological polar surface area (TPSA) is 118 Å². The van der Waals surface area contributed by atoms with Gasteiger partial charge in [0.1, 0.15) is 17.4 Å². The van der Waals surface area contributed by atoms with Crippen molar-refractivity contribution in [3.8, 4) is 11.8 Å². The lowest BCUT2D eigenvalue weighted by atomic mass is 10.1. The molecule has 36 heavy (non-hydrogen) atoms. The van der Waals surface area contributed by atoms with Crippen LogP contribution in [0.15, 0.2) is 72.3 Å². The molecule has 2 amide bonds. The number of nitriles is 1. The Kier molecular flexibility index (Phi) is 8.57. The molecule has 8 heteroatoms. The Morgan fingerprint density at radius 3 is 2.17 bits per heavy atom. The Hall–Kier alpha value is -4.90. The third kappa shape index (κ3) is 7.05. The highest BCUT2D eigenvalue weighted by Gasteiger charge is 2.11. The van der Waals surface area contributed by atoms with Crippen LogP contribution >= 0.6 is 0 Å². The molecule has 0 unspecified atom stereocenters. The normalized spacial score (nSPS) is 10.7. The van der Waals surface area contributed by atoms with Gasteiger partial charge >= 0.3 is 5.97 Å². The summed E-state index contributed by atoms with van der Waals surface area (Å²) in [5.74, 6) is -0.895. The molecule has 182 valence electrons. The second kappa shape index (κ2) is 12.0. The summed E-state index contributed by atoms with van der Waals surface area (Å²) in [6, 6.07) is 20.3. The Labute approximate surface area is 209 Å². The van der Waals surface area contributed by atoms with Crippen molar-refractivity contribution in [2.24, 2.45) is 0 Å². The number of methoxy groups -OCH3 is 1. The lowest BCUT2D eigenvalue weighted by Crippen LogP contribution is -2.20. The number of hydrogen-bond acceptors (Lipinski definition) is 6. The molecule has 0 heterocycles. The first-order valence-electron chi connectivity index (χ1n) is 11.0. The molecular formula is C28H25N3O5. The number of carbonyl (C=O) groups is 3. The van der Waals surface area contributed by atoms with E-state index < -0.39 is 11.9 Å². The van der Waals surface area contributed by atoms with Gasteiger partial charge in [-0.3, -0.25) is 9.59 Å². The molecule has 0 aliphatic rings. The van der Waals surface area contributed by atoms with Crippen LogP contribution in [0.2, 0.25) is 0 Å². The van der Waals surface area contributed by atoms with E-state index in [4.69, 9.17) is 4.74 Å². The van der Waals surface area contributed by atoms with Gasteiger partial charge in [-0.05, 0) is 85.1 Å². The maximum atomic E-state index is 12.5. The van der Waals surface area contributed by atoms with Crippen LogP contribution in [0.4, 0.5) is 11.4 Å². The predicted molar refractivity (Wildman–Crippen MR) is 136 cm³/mol. The number of anilines is 2. The molecule has 3 rings (SSSR count). The van der Waals surface area contributed by atoms with Crippen LogP contribution in [-0.4, -0.2) is 31.5 Å².